The van der Waals surface area contributed by atoms with Crippen LogP contribution in [-0.4, -0.2) is 25.3 Å². The van der Waals surface area contributed by atoms with Gasteiger partial charge in [-0.1, -0.05) is 29.8 Å². The zero-order valence-corrected chi connectivity index (χ0v) is 8.54. The Morgan fingerprint density at radius 3 is 2.87 bits per heavy atom. The summed E-state index contributed by atoms with van der Waals surface area (Å²) in [6, 6.07) is 7.13. The average molecular weight is 225 g/mol. The van der Waals surface area contributed by atoms with Crippen LogP contribution in [0.15, 0.2) is 30.6 Å². The number of hydrogen-bond donors (Lipinski definition) is 1. The highest BCUT2D eigenvalue weighted by Gasteiger charge is 2.12. The third-order valence-corrected chi connectivity index (χ3v) is 2.34. The Bertz CT molecular complexity index is 431. The van der Waals surface area contributed by atoms with Gasteiger partial charge >= 0.3 is 0 Å². The van der Waals surface area contributed by atoms with Crippen molar-refractivity contribution in [2.75, 3.05) is 0 Å². The van der Waals surface area contributed by atoms with Gasteiger partial charge in [0, 0.05) is 10.6 Å². The van der Waals surface area contributed by atoms with Gasteiger partial charge in [-0.3, -0.25) is 0 Å². The van der Waals surface area contributed by atoms with Crippen LogP contribution in [0, 0.1) is 0 Å². The standard InChI is InChI=1S/C9H9ClN4O/c10-8-4-2-1-3-7(8)9(15)5-14-12-6-11-13-14/h1-4,6,9,15H,5H2/t9-/m0/s1. The lowest BCUT2D eigenvalue weighted by Gasteiger charge is -2.10. The Balaban J connectivity index is 2.15. The molecule has 0 saturated heterocycles. The van der Waals surface area contributed by atoms with Crippen molar-refractivity contribution in [3.63, 3.8) is 0 Å². The molecule has 2 aromatic rings. The quantitative estimate of drug-likeness (QED) is 0.847. The lowest BCUT2D eigenvalue weighted by Crippen LogP contribution is -2.11. The van der Waals surface area contributed by atoms with E-state index in [1.807, 2.05) is 12.1 Å². The van der Waals surface area contributed by atoms with Crippen molar-refractivity contribution < 1.29 is 5.11 Å². The first-order chi connectivity index (χ1) is 7.27. The molecule has 0 saturated carbocycles. The summed E-state index contributed by atoms with van der Waals surface area (Å²) in [4.78, 5) is 1.31. The van der Waals surface area contributed by atoms with Gasteiger partial charge in [-0.2, -0.15) is 4.80 Å². The molecule has 0 bridgehead atoms. The molecule has 5 nitrogen and oxygen atoms in total. The topological polar surface area (TPSA) is 63.8 Å². The summed E-state index contributed by atoms with van der Waals surface area (Å²) in [6.07, 6.45) is 0.590. The predicted molar refractivity (Wildman–Crippen MR) is 54.2 cm³/mol. The molecule has 0 spiro atoms. The minimum Gasteiger partial charge on any atom is -0.386 e. The lowest BCUT2D eigenvalue weighted by atomic mass is 10.1. The summed E-state index contributed by atoms with van der Waals surface area (Å²) in [5.74, 6) is 0. The van der Waals surface area contributed by atoms with E-state index in [-0.39, 0.29) is 6.54 Å². The number of aromatic nitrogens is 4. The van der Waals surface area contributed by atoms with Crippen molar-refractivity contribution in [2.24, 2.45) is 0 Å². The van der Waals surface area contributed by atoms with E-state index in [2.05, 4.69) is 15.4 Å². The molecule has 0 unspecified atom stereocenters. The molecule has 0 aliphatic heterocycles. The van der Waals surface area contributed by atoms with E-state index in [0.717, 1.165) is 0 Å². The fraction of sp³-hybridized carbons (Fsp3) is 0.222. The second kappa shape index (κ2) is 4.37. The van der Waals surface area contributed by atoms with Crippen LogP contribution in [0.25, 0.3) is 0 Å². The fourth-order valence-electron chi connectivity index (χ4n) is 1.27. The summed E-state index contributed by atoms with van der Waals surface area (Å²) in [6.45, 7) is 0.240. The summed E-state index contributed by atoms with van der Waals surface area (Å²) < 4.78 is 0. The normalized spacial score (nSPS) is 12.7. The minimum absolute atomic E-state index is 0.240. The van der Waals surface area contributed by atoms with E-state index in [4.69, 9.17) is 11.6 Å². The lowest BCUT2D eigenvalue weighted by molar-refractivity contribution is 0.144. The molecule has 0 amide bonds. The molecule has 0 aliphatic carbocycles. The SMILES string of the molecule is O[C@@H](Cn1ncnn1)c1ccccc1Cl. The van der Waals surface area contributed by atoms with Crippen LogP contribution in [-0.2, 0) is 6.54 Å². The zero-order chi connectivity index (χ0) is 10.7. The van der Waals surface area contributed by atoms with Crippen LogP contribution < -0.4 is 0 Å². The molecule has 1 heterocycles. The number of halogens is 1. The Kier molecular flexibility index (Phi) is 2.94. The third-order valence-electron chi connectivity index (χ3n) is 1.99. The van der Waals surface area contributed by atoms with Gasteiger partial charge in [0.1, 0.15) is 6.10 Å². The molecule has 1 N–H and O–H groups in total. The Hall–Kier alpha value is -1.46. The number of hydrogen-bond acceptors (Lipinski definition) is 4. The fourth-order valence-corrected chi connectivity index (χ4v) is 1.53. The van der Waals surface area contributed by atoms with Crippen molar-refractivity contribution in [1.29, 1.82) is 0 Å². The average Bonchev–Trinajstić information content (AvgIpc) is 2.71. The van der Waals surface area contributed by atoms with Crippen molar-refractivity contribution >= 4 is 11.6 Å². The van der Waals surface area contributed by atoms with E-state index < -0.39 is 6.10 Å². The number of aliphatic hydroxyl groups excluding tert-OH is 1. The Morgan fingerprint density at radius 2 is 2.20 bits per heavy atom. The van der Waals surface area contributed by atoms with E-state index in [1.165, 1.54) is 11.1 Å². The molecule has 0 aliphatic rings. The molecule has 0 fully saturated rings. The number of benzene rings is 1. The van der Waals surface area contributed by atoms with Crippen LogP contribution in [0.2, 0.25) is 5.02 Å². The largest absolute Gasteiger partial charge is 0.386 e. The number of nitrogens with zero attached hydrogens (tertiary/aromatic N) is 4. The van der Waals surface area contributed by atoms with Gasteiger partial charge in [-0.15, -0.1) is 10.2 Å². The first kappa shape index (κ1) is 10.1. The van der Waals surface area contributed by atoms with E-state index >= 15 is 0 Å². The van der Waals surface area contributed by atoms with Crippen LogP contribution in [0.5, 0.6) is 0 Å². The van der Waals surface area contributed by atoms with Crippen molar-refractivity contribution in [2.45, 2.75) is 12.6 Å². The highest BCUT2D eigenvalue weighted by molar-refractivity contribution is 6.31. The first-order valence-electron chi connectivity index (χ1n) is 4.40. The Morgan fingerprint density at radius 1 is 1.40 bits per heavy atom. The molecule has 1 aromatic carbocycles. The van der Waals surface area contributed by atoms with Gasteiger partial charge in [-0.25, -0.2) is 0 Å². The smallest absolute Gasteiger partial charge is 0.162 e. The van der Waals surface area contributed by atoms with Crippen LogP contribution in [0.1, 0.15) is 11.7 Å². The molecule has 0 radical (unpaired) electrons. The highest BCUT2D eigenvalue weighted by atomic mass is 35.5. The van der Waals surface area contributed by atoms with Gasteiger partial charge in [0.05, 0.1) is 6.54 Å². The Labute approximate surface area is 91.3 Å². The molecular formula is C9H9ClN4O. The summed E-state index contributed by atoms with van der Waals surface area (Å²) in [5, 5.41) is 21.4. The summed E-state index contributed by atoms with van der Waals surface area (Å²) in [5.41, 5.74) is 0.663. The number of rotatable bonds is 3. The maximum Gasteiger partial charge on any atom is 0.162 e. The second-order valence-corrected chi connectivity index (χ2v) is 3.44. The van der Waals surface area contributed by atoms with Gasteiger partial charge in [0.2, 0.25) is 0 Å². The van der Waals surface area contributed by atoms with E-state index in [0.29, 0.717) is 10.6 Å². The summed E-state index contributed by atoms with van der Waals surface area (Å²) in [7, 11) is 0. The van der Waals surface area contributed by atoms with Crippen molar-refractivity contribution in [3.8, 4) is 0 Å². The highest BCUT2D eigenvalue weighted by Crippen LogP contribution is 2.22. The molecule has 15 heavy (non-hydrogen) atoms. The molecule has 6 heteroatoms. The van der Waals surface area contributed by atoms with E-state index in [1.54, 1.807) is 12.1 Å². The van der Waals surface area contributed by atoms with Crippen LogP contribution in [0.3, 0.4) is 0 Å². The van der Waals surface area contributed by atoms with Gasteiger partial charge in [0.25, 0.3) is 0 Å². The van der Waals surface area contributed by atoms with E-state index in [9.17, 15) is 5.11 Å². The molecular weight excluding hydrogens is 216 g/mol. The first-order valence-corrected chi connectivity index (χ1v) is 4.78. The maximum absolute atomic E-state index is 9.86. The predicted octanol–water partition coefficient (Wildman–Crippen LogP) is 1.06. The monoisotopic (exact) mass is 224 g/mol. The number of tetrazole rings is 1. The van der Waals surface area contributed by atoms with Crippen molar-refractivity contribution in [1.82, 2.24) is 20.2 Å². The number of aliphatic hydroxyl groups is 1. The van der Waals surface area contributed by atoms with Gasteiger partial charge in [-0.05, 0) is 11.3 Å². The van der Waals surface area contributed by atoms with Gasteiger partial charge < -0.3 is 5.11 Å². The van der Waals surface area contributed by atoms with Crippen LogP contribution in [0.4, 0.5) is 0 Å². The molecule has 78 valence electrons. The van der Waals surface area contributed by atoms with Gasteiger partial charge in [0.15, 0.2) is 6.33 Å². The maximum atomic E-state index is 9.86. The molecule has 1 atom stereocenters. The minimum atomic E-state index is -0.729. The van der Waals surface area contributed by atoms with Crippen LogP contribution >= 0.6 is 11.6 Å². The molecule has 2 rings (SSSR count). The third kappa shape index (κ3) is 2.31. The molecule has 1 aromatic heterocycles. The summed E-state index contributed by atoms with van der Waals surface area (Å²) >= 11 is 5.93. The second-order valence-electron chi connectivity index (χ2n) is 3.03. The zero-order valence-electron chi connectivity index (χ0n) is 7.79. The van der Waals surface area contributed by atoms with Crippen molar-refractivity contribution in [3.05, 3.63) is 41.2 Å².